The lowest BCUT2D eigenvalue weighted by molar-refractivity contribution is -0.0289. The molecule has 0 unspecified atom stereocenters. The molecule has 2 fully saturated rings. The highest BCUT2D eigenvalue weighted by Crippen LogP contribution is 2.27. The van der Waals surface area contributed by atoms with E-state index in [1.807, 2.05) is 11.1 Å². The standard InChI is InChI=1S/C21H24FN3O/c22-18-9-11-19(12-10-18)23-14-15-25(21(23)26)24-13-5-4-8-20(24)16-17-6-2-1-3-7-17/h1-3,6-7,9-12,20H,4-5,8,13-16H2/t20-/m1/s1. The lowest BCUT2D eigenvalue weighted by atomic mass is 9.97. The second-order valence-corrected chi connectivity index (χ2v) is 7.04. The Balaban J connectivity index is 1.50. The number of anilines is 1. The molecule has 0 bridgehead atoms. The van der Waals surface area contributed by atoms with E-state index < -0.39 is 0 Å². The Morgan fingerprint density at radius 3 is 2.46 bits per heavy atom. The number of nitrogens with zero attached hydrogens (tertiary/aromatic N) is 3. The van der Waals surface area contributed by atoms with Crippen molar-refractivity contribution in [1.82, 2.24) is 10.0 Å². The van der Waals surface area contributed by atoms with Gasteiger partial charge in [0.2, 0.25) is 0 Å². The highest BCUT2D eigenvalue weighted by molar-refractivity contribution is 5.93. The molecular weight excluding hydrogens is 329 g/mol. The second-order valence-electron chi connectivity index (χ2n) is 7.04. The molecule has 2 aliphatic heterocycles. The normalized spacial score (nSPS) is 21.4. The Kier molecular flexibility index (Phi) is 4.89. The van der Waals surface area contributed by atoms with Crippen molar-refractivity contribution in [3.63, 3.8) is 0 Å². The minimum absolute atomic E-state index is 0.00318. The van der Waals surface area contributed by atoms with Gasteiger partial charge in [0.05, 0.1) is 6.54 Å². The molecule has 0 radical (unpaired) electrons. The summed E-state index contributed by atoms with van der Waals surface area (Å²) in [6.45, 7) is 2.24. The van der Waals surface area contributed by atoms with Crippen LogP contribution < -0.4 is 4.90 Å². The van der Waals surface area contributed by atoms with Crippen LogP contribution in [0.5, 0.6) is 0 Å². The predicted octanol–water partition coefficient (Wildman–Crippen LogP) is 4.08. The van der Waals surface area contributed by atoms with Gasteiger partial charge in [0, 0.05) is 24.8 Å². The van der Waals surface area contributed by atoms with Gasteiger partial charge >= 0.3 is 6.03 Å². The molecule has 0 aliphatic carbocycles. The summed E-state index contributed by atoms with van der Waals surface area (Å²) < 4.78 is 13.2. The van der Waals surface area contributed by atoms with Gasteiger partial charge in [-0.2, -0.15) is 0 Å². The number of hydrazine groups is 1. The van der Waals surface area contributed by atoms with Gasteiger partial charge in [-0.15, -0.1) is 0 Å². The molecule has 2 aromatic carbocycles. The smallest absolute Gasteiger partial charge is 0.291 e. The van der Waals surface area contributed by atoms with Crippen LogP contribution in [0.25, 0.3) is 0 Å². The summed E-state index contributed by atoms with van der Waals surface area (Å²) in [5, 5.41) is 4.17. The van der Waals surface area contributed by atoms with Crippen LogP contribution in [-0.2, 0) is 6.42 Å². The number of carbonyl (C=O) groups is 1. The highest BCUT2D eigenvalue weighted by atomic mass is 19.1. The van der Waals surface area contributed by atoms with Gasteiger partial charge in [0.1, 0.15) is 5.82 Å². The Hall–Kier alpha value is -2.40. The van der Waals surface area contributed by atoms with Gasteiger partial charge in [-0.25, -0.2) is 14.2 Å². The quantitative estimate of drug-likeness (QED) is 0.828. The van der Waals surface area contributed by atoms with Gasteiger partial charge in [-0.3, -0.25) is 9.91 Å². The third kappa shape index (κ3) is 3.44. The molecular formula is C21H24FN3O. The fraction of sp³-hybridized carbons (Fsp3) is 0.381. The molecule has 136 valence electrons. The average Bonchev–Trinajstić information content (AvgIpc) is 3.05. The zero-order valence-corrected chi connectivity index (χ0v) is 14.9. The lowest BCUT2D eigenvalue weighted by Gasteiger charge is -2.41. The van der Waals surface area contributed by atoms with E-state index in [-0.39, 0.29) is 11.8 Å². The minimum atomic E-state index is -0.281. The largest absolute Gasteiger partial charge is 0.339 e. The van der Waals surface area contributed by atoms with E-state index in [9.17, 15) is 9.18 Å². The SMILES string of the molecule is O=C1N(c2ccc(F)cc2)CCN1N1CCCC[C@@H]1Cc1ccccc1. The highest BCUT2D eigenvalue weighted by Gasteiger charge is 2.37. The van der Waals surface area contributed by atoms with Crippen molar-refractivity contribution in [2.24, 2.45) is 0 Å². The van der Waals surface area contributed by atoms with Gasteiger partial charge < -0.3 is 0 Å². The zero-order valence-electron chi connectivity index (χ0n) is 14.9. The Morgan fingerprint density at radius 2 is 1.69 bits per heavy atom. The van der Waals surface area contributed by atoms with Gasteiger partial charge in [0.15, 0.2) is 0 Å². The molecule has 4 nitrogen and oxygen atoms in total. The monoisotopic (exact) mass is 353 g/mol. The number of hydrogen-bond donors (Lipinski definition) is 0. The summed E-state index contributed by atoms with van der Waals surface area (Å²) >= 11 is 0. The summed E-state index contributed by atoms with van der Waals surface area (Å²) in [4.78, 5) is 14.7. The van der Waals surface area contributed by atoms with Crippen LogP contribution in [0.1, 0.15) is 24.8 Å². The van der Waals surface area contributed by atoms with Crippen molar-refractivity contribution in [1.29, 1.82) is 0 Å². The predicted molar refractivity (Wildman–Crippen MR) is 100 cm³/mol. The van der Waals surface area contributed by atoms with E-state index in [1.54, 1.807) is 17.0 Å². The van der Waals surface area contributed by atoms with Crippen LogP contribution in [0.4, 0.5) is 14.9 Å². The molecule has 26 heavy (non-hydrogen) atoms. The van der Waals surface area contributed by atoms with Crippen LogP contribution in [0.15, 0.2) is 54.6 Å². The molecule has 2 saturated heterocycles. The first-order valence-corrected chi connectivity index (χ1v) is 9.37. The van der Waals surface area contributed by atoms with Crippen LogP contribution in [0, 0.1) is 5.82 Å². The fourth-order valence-electron chi connectivity index (χ4n) is 4.02. The van der Waals surface area contributed by atoms with Crippen molar-refractivity contribution < 1.29 is 9.18 Å². The molecule has 0 spiro atoms. The maximum atomic E-state index is 13.2. The third-order valence-electron chi connectivity index (χ3n) is 5.35. The average molecular weight is 353 g/mol. The van der Waals surface area contributed by atoms with Crippen LogP contribution >= 0.6 is 0 Å². The Labute approximate surface area is 153 Å². The van der Waals surface area contributed by atoms with Crippen LogP contribution in [-0.4, -0.2) is 41.7 Å². The molecule has 0 saturated carbocycles. The molecule has 5 heteroatoms. The maximum absolute atomic E-state index is 13.2. The topological polar surface area (TPSA) is 26.8 Å². The van der Waals surface area contributed by atoms with Crippen molar-refractivity contribution in [2.45, 2.75) is 31.7 Å². The van der Waals surface area contributed by atoms with Crippen LogP contribution in [0.3, 0.4) is 0 Å². The molecule has 2 amide bonds. The van der Waals surface area contributed by atoms with E-state index >= 15 is 0 Å². The summed E-state index contributed by atoms with van der Waals surface area (Å²) in [5.74, 6) is -0.281. The molecule has 1 atom stereocenters. The first-order chi connectivity index (χ1) is 12.7. The third-order valence-corrected chi connectivity index (χ3v) is 5.35. The van der Waals surface area contributed by atoms with Crippen LogP contribution in [0.2, 0.25) is 0 Å². The first kappa shape index (κ1) is 17.0. The Morgan fingerprint density at radius 1 is 0.923 bits per heavy atom. The van der Waals surface area contributed by atoms with E-state index in [1.165, 1.54) is 24.1 Å². The van der Waals surface area contributed by atoms with Crippen molar-refractivity contribution in [3.8, 4) is 0 Å². The number of carbonyl (C=O) groups excluding carboxylic acids is 1. The molecule has 2 heterocycles. The summed E-state index contributed by atoms with van der Waals surface area (Å²) in [6.07, 6.45) is 4.39. The van der Waals surface area contributed by atoms with Crippen molar-refractivity contribution >= 4 is 11.7 Å². The summed E-state index contributed by atoms with van der Waals surface area (Å²) in [5.41, 5.74) is 2.07. The van der Waals surface area contributed by atoms with E-state index in [2.05, 4.69) is 29.3 Å². The molecule has 2 aliphatic rings. The number of amides is 2. The van der Waals surface area contributed by atoms with E-state index in [0.29, 0.717) is 19.1 Å². The zero-order chi connectivity index (χ0) is 17.9. The fourth-order valence-corrected chi connectivity index (χ4v) is 4.02. The molecule has 2 aromatic rings. The summed E-state index contributed by atoms with van der Waals surface area (Å²) in [7, 11) is 0. The van der Waals surface area contributed by atoms with E-state index in [4.69, 9.17) is 0 Å². The van der Waals surface area contributed by atoms with Crippen molar-refractivity contribution in [3.05, 3.63) is 66.0 Å². The second kappa shape index (κ2) is 7.46. The van der Waals surface area contributed by atoms with E-state index in [0.717, 1.165) is 31.5 Å². The molecule has 4 rings (SSSR count). The minimum Gasteiger partial charge on any atom is -0.291 e. The first-order valence-electron chi connectivity index (χ1n) is 9.37. The molecule has 0 aromatic heterocycles. The Bertz CT molecular complexity index is 750. The number of piperidine rings is 1. The number of hydrogen-bond acceptors (Lipinski definition) is 2. The maximum Gasteiger partial charge on any atom is 0.339 e. The van der Waals surface area contributed by atoms with Crippen molar-refractivity contribution in [2.75, 3.05) is 24.5 Å². The van der Waals surface area contributed by atoms with Gasteiger partial charge in [-0.1, -0.05) is 36.8 Å². The number of benzene rings is 2. The number of rotatable bonds is 4. The lowest BCUT2D eigenvalue weighted by Crippen LogP contribution is -2.53. The number of urea groups is 1. The van der Waals surface area contributed by atoms with Gasteiger partial charge in [-0.05, 0) is 49.1 Å². The van der Waals surface area contributed by atoms with Gasteiger partial charge in [0.25, 0.3) is 0 Å². The molecule has 0 N–H and O–H groups in total. The number of halogens is 1. The summed E-state index contributed by atoms with van der Waals surface area (Å²) in [6, 6.07) is 17.0.